The fourth-order valence-corrected chi connectivity index (χ4v) is 1.85. The Morgan fingerprint density at radius 1 is 1.23 bits per heavy atom. The zero-order valence-electron chi connectivity index (χ0n) is 7.07. The summed E-state index contributed by atoms with van der Waals surface area (Å²) in [4.78, 5) is 0. The third-order valence-electron chi connectivity index (χ3n) is 1.74. The number of halogens is 3. The molecular weight excluding hydrogens is 230 g/mol. The molecule has 0 saturated carbocycles. The van der Waals surface area contributed by atoms with Gasteiger partial charge in [0.05, 0.1) is 15.1 Å². The zero-order chi connectivity index (χ0) is 10.0. The van der Waals surface area contributed by atoms with Crippen LogP contribution >= 0.6 is 34.8 Å². The van der Waals surface area contributed by atoms with Crippen molar-refractivity contribution in [3.8, 4) is 5.75 Å². The van der Waals surface area contributed by atoms with Crippen molar-refractivity contribution in [2.75, 3.05) is 0 Å². The zero-order valence-corrected chi connectivity index (χ0v) is 9.34. The Morgan fingerprint density at radius 2 is 1.85 bits per heavy atom. The number of phenols is 1. The van der Waals surface area contributed by atoms with Crippen molar-refractivity contribution >= 4 is 34.8 Å². The predicted octanol–water partition coefficient (Wildman–Crippen LogP) is 4.30. The summed E-state index contributed by atoms with van der Waals surface area (Å²) in [5, 5.41) is 10.6. The van der Waals surface area contributed by atoms with Gasteiger partial charge in [-0.3, -0.25) is 0 Å². The summed E-state index contributed by atoms with van der Waals surface area (Å²) in [7, 11) is 0. The van der Waals surface area contributed by atoms with Crippen LogP contribution in [-0.2, 0) is 6.42 Å². The lowest BCUT2D eigenvalue weighted by Crippen LogP contribution is -1.88. The van der Waals surface area contributed by atoms with E-state index in [4.69, 9.17) is 34.8 Å². The summed E-state index contributed by atoms with van der Waals surface area (Å²) in [6, 6.07) is 1.44. The molecule has 13 heavy (non-hydrogen) atoms. The van der Waals surface area contributed by atoms with Gasteiger partial charge in [-0.05, 0) is 12.5 Å². The molecular formula is C9H9Cl3O. The standard InChI is InChI=1S/C9H9Cl3O/c1-2-3-5-8(12)6(10)4-7(11)9(5)13/h4,13H,2-3H2,1H3. The predicted molar refractivity (Wildman–Crippen MR) is 57.1 cm³/mol. The van der Waals surface area contributed by atoms with Crippen LogP contribution in [0.15, 0.2) is 6.07 Å². The first kappa shape index (κ1) is 11.0. The molecule has 1 N–H and O–H groups in total. The maximum Gasteiger partial charge on any atom is 0.138 e. The van der Waals surface area contributed by atoms with Crippen LogP contribution in [0.1, 0.15) is 18.9 Å². The highest BCUT2D eigenvalue weighted by Crippen LogP contribution is 2.38. The third-order valence-corrected chi connectivity index (χ3v) is 2.85. The van der Waals surface area contributed by atoms with Crippen LogP contribution in [0.2, 0.25) is 15.1 Å². The van der Waals surface area contributed by atoms with Crippen LogP contribution in [-0.4, -0.2) is 5.11 Å². The van der Waals surface area contributed by atoms with E-state index < -0.39 is 0 Å². The van der Waals surface area contributed by atoms with Crippen LogP contribution < -0.4 is 0 Å². The lowest BCUT2D eigenvalue weighted by atomic mass is 10.1. The largest absolute Gasteiger partial charge is 0.506 e. The molecule has 0 aliphatic carbocycles. The number of rotatable bonds is 2. The number of hydrogen-bond donors (Lipinski definition) is 1. The van der Waals surface area contributed by atoms with E-state index >= 15 is 0 Å². The molecule has 0 unspecified atom stereocenters. The van der Waals surface area contributed by atoms with Crippen LogP contribution in [0.3, 0.4) is 0 Å². The van der Waals surface area contributed by atoms with Crippen LogP contribution in [0.25, 0.3) is 0 Å². The summed E-state index contributed by atoms with van der Waals surface area (Å²) < 4.78 is 0. The van der Waals surface area contributed by atoms with Crippen molar-refractivity contribution in [3.05, 3.63) is 26.7 Å². The smallest absolute Gasteiger partial charge is 0.138 e. The van der Waals surface area contributed by atoms with E-state index in [1.807, 2.05) is 6.92 Å². The topological polar surface area (TPSA) is 20.2 Å². The van der Waals surface area contributed by atoms with Gasteiger partial charge in [0.2, 0.25) is 0 Å². The Kier molecular flexibility index (Phi) is 3.72. The minimum absolute atomic E-state index is 0.0397. The van der Waals surface area contributed by atoms with E-state index in [0.717, 1.165) is 6.42 Å². The molecule has 0 spiro atoms. The fraction of sp³-hybridized carbons (Fsp3) is 0.333. The second-order valence-corrected chi connectivity index (χ2v) is 3.92. The maximum absolute atomic E-state index is 9.56. The molecule has 0 saturated heterocycles. The quantitative estimate of drug-likeness (QED) is 0.763. The number of phenolic OH excluding ortho intramolecular Hbond substituents is 1. The highest BCUT2D eigenvalue weighted by molar-refractivity contribution is 6.44. The Bertz CT molecular complexity index is 297. The van der Waals surface area contributed by atoms with Gasteiger partial charge < -0.3 is 5.11 Å². The molecule has 72 valence electrons. The molecule has 1 aromatic rings. The van der Waals surface area contributed by atoms with Crippen molar-refractivity contribution in [1.29, 1.82) is 0 Å². The van der Waals surface area contributed by atoms with Gasteiger partial charge in [0.15, 0.2) is 0 Å². The SMILES string of the molecule is CCCc1c(O)c(Cl)cc(Cl)c1Cl. The molecule has 0 heterocycles. The maximum atomic E-state index is 9.56. The first-order valence-corrected chi connectivity index (χ1v) is 5.06. The van der Waals surface area contributed by atoms with E-state index in [-0.39, 0.29) is 10.8 Å². The van der Waals surface area contributed by atoms with Gasteiger partial charge in [0.1, 0.15) is 5.75 Å². The van der Waals surface area contributed by atoms with Crippen LogP contribution in [0.4, 0.5) is 0 Å². The van der Waals surface area contributed by atoms with Crippen molar-refractivity contribution in [1.82, 2.24) is 0 Å². The van der Waals surface area contributed by atoms with Crippen molar-refractivity contribution in [2.24, 2.45) is 0 Å². The average Bonchev–Trinajstić information content (AvgIpc) is 2.09. The molecule has 1 nitrogen and oxygen atoms in total. The van der Waals surface area contributed by atoms with Gasteiger partial charge in [-0.25, -0.2) is 0 Å². The van der Waals surface area contributed by atoms with Crippen molar-refractivity contribution in [2.45, 2.75) is 19.8 Å². The summed E-state index contributed by atoms with van der Waals surface area (Å²) in [5.41, 5.74) is 0.627. The molecule has 0 aliphatic heterocycles. The van der Waals surface area contributed by atoms with Gasteiger partial charge in [-0.2, -0.15) is 0 Å². The molecule has 0 bridgehead atoms. The van der Waals surface area contributed by atoms with E-state index in [9.17, 15) is 5.11 Å². The second kappa shape index (κ2) is 4.41. The first-order chi connectivity index (χ1) is 6.07. The van der Waals surface area contributed by atoms with Crippen molar-refractivity contribution < 1.29 is 5.11 Å². The Morgan fingerprint density at radius 3 is 2.38 bits per heavy atom. The van der Waals surface area contributed by atoms with Gasteiger partial charge in [-0.1, -0.05) is 48.1 Å². The minimum Gasteiger partial charge on any atom is -0.506 e. The molecule has 0 fully saturated rings. The Labute approximate surface area is 92.2 Å². The normalized spacial score (nSPS) is 10.5. The average molecular weight is 240 g/mol. The third kappa shape index (κ3) is 2.22. The summed E-state index contributed by atoms with van der Waals surface area (Å²) in [6.07, 6.45) is 1.55. The molecule has 0 amide bonds. The van der Waals surface area contributed by atoms with E-state index in [2.05, 4.69) is 0 Å². The monoisotopic (exact) mass is 238 g/mol. The van der Waals surface area contributed by atoms with Gasteiger partial charge in [-0.15, -0.1) is 0 Å². The van der Waals surface area contributed by atoms with Crippen molar-refractivity contribution in [3.63, 3.8) is 0 Å². The lowest BCUT2D eigenvalue weighted by Gasteiger charge is -2.08. The van der Waals surface area contributed by atoms with E-state index in [1.54, 1.807) is 0 Å². The van der Waals surface area contributed by atoms with E-state index in [0.29, 0.717) is 22.0 Å². The molecule has 1 rings (SSSR count). The molecule has 0 atom stereocenters. The molecule has 4 heteroatoms. The van der Waals surface area contributed by atoms with E-state index in [1.165, 1.54) is 6.07 Å². The number of aromatic hydroxyl groups is 1. The van der Waals surface area contributed by atoms with Gasteiger partial charge in [0.25, 0.3) is 0 Å². The van der Waals surface area contributed by atoms with Crippen LogP contribution in [0.5, 0.6) is 5.75 Å². The minimum atomic E-state index is 0.0397. The van der Waals surface area contributed by atoms with Crippen LogP contribution in [0, 0.1) is 0 Å². The summed E-state index contributed by atoms with van der Waals surface area (Å²) in [6.45, 7) is 1.99. The Balaban J connectivity index is 3.28. The fourth-order valence-electron chi connectivity index (χ4n) is 1.11. The Hall–Kier alpha value is -0.110. The van der Waals surface area contributed by atoms with Gasteiger partial charge >= 0.3 is 0 Å². The summed E-state index contributed by atoms with van der Waals surface area (Å²) >= 11 is 17.4. The molecule has 0 aromatic heterocycles. The first-order valence-electron chi connectivity index (χ1n) is 3.93. The lowest BCUT2D eigenvalue weighted by molar-refractivity contribution is 0.468. The van der Waals surface area contributed by atoms with Gasteiger partial charge in [0, 0.05) is 5.56 Å². The second-order valence-electron chi connectivity index (χ2n) is 2.73. The highest BCUT2D eigenvalue weighted by atomic mass is 35.5. The molecule has 1 aromatic carbocycles. The summed E-state index contributed by atoms with van der Waals surface area (Å²) in [5.74, 6) is 0.0397. The number of hydrogen-bond acceptors (Lipinski definition) is 1. The number of benzene rings is 1. The highest BCUT2D eigenvalue weighted by Gasteiger charge is 2.13. The molecule has 0 radical (unpaired) electrons. The molecule has 0 aliphatic rings.